The molecule has 3 heterocycles. The van der Waals surface area contributed by atoms with Gasteiger partial charge in [-0.25, -0.2) is 4.98 Å². The molecule has 2 N–H and O–H groups in total. The maximum Gasteiger partial charge on any atom is 0.255 e. The molecule has 0 saturated heterocycles. The minimum atomic E-state index is -0.301. The first-order chi connectivity index (χ1) is 13.2. The van der Waals surface area contributed by atoms with Gasteiger partial charge in [-0.15, -0.1) is 0 Å². The predicted octanol–water partition coefficient (Wildman–Crippen LogP) is 2.61. The lowest BCUT2D eigenvalue weighted by Crippen LogP contribution is -2.24. The van der Waals surface area contributed by atoms with Crippen molar-refractivity contribution in [3.05, 3.63) is 58.2 Å². The molecular weight excluding hydrogens is 346 g/mol. The number of anilines is 1. The van der Waals surface area contributed by atoms with Crippen LogP contribution in [0.5, 0.6) is 0 Å². The zero-order valence-electron chi connectivity index (χ0n) is 14.9. The molecule has 3 aromatic heterocycles. The first-order valence-corrected chi connectivity index (χ1v) is 8.86. The van der Waals surface area contributed by atoms with E-state index in [0.717, 1.165) is 36.9 Å². The van der Waals surface area contributed by atoms with Crippen LogP contribution >= 0.6 is 0 Å². The van der Waals surface area contributed by atoms with Crippen molar-refractivity contribution in [2.45, 2.75) is 32.6 Å². The lowest BCUT2D eigenvalue weighted by atomic mass is 9.97. The summed E-state index contributed by atoms with van der Waals surface area (Å²) in [7, 11) is 0. The lowest BCUT2D eigenvalue weighted by molar-refractivity contribution is -0.111. The van der Waals surface area contributed by atoms with Crippen molar-refractivity contribution in [1.82, 2.24) is 19.7 Å². The monoisotopic (exact) mass is 365 g/mol. The van der Waals surface area contributed by atoms with E-state index in [4.69, 9.17) is 4.42 Å². The third kappa shape index (κ3) is 3.33. The maximum absolute atomic E-state index is 12.5. The van der Waals surface area contributed by atoms with Crippen molar-refractivity contribution in [1.29, 1.82) is 0 Å². The van der Waals surface area contributed by atoms with Gasteiger partial charge in [-0.05, 0) is 50.8 Å². The fourth-order valence-corrected chi connectivity index (χ4v) is 3.19. The molecule has 8 heteroatoms. The van der Waals surface area contributed by atoms with E-state index in [-0.39, 0.29) is 17.4 Å². The number of aromatic nitrogens is 4. The highest BCUT2D eigenvalue weighted by molar-refractivity contribution is 5.99. The number of H-pyrrole nitrogens is 1. The maximum atomic E-state index is 12.5. The molecule has 27 heavy (non-hydrogen) atoms. The van der Waals surface area contributed by atoms with Crippen LogP contribution in [0.3, 0.4) is 0 Å². The van der Waals surface area contributed by atoms with Gasteiger partial charge in [-0.2, -0.15) is 9.78 Å². The van der Waals surface area contributed by atoms with Crippen molar-refractivity contribution in [3.63, 3.8) is 0 Å². The Morgan fingerprint density at radius 3 is 3.00 bits per heavy atom. The molecule has 0 unspecified atom stereocenters. The molecule has 4 rings (SSSR count). The van der Waals surface area contributed by atoms with Crippen LogP contribution in [-0.2, 0) is 17.6 Å². The summed E-state index contributed by atoms with van der Waals surface area (Å²) < 4.78 is 6.82. The predicted molar refractivity (Wildman–Crippen MR) is 99.8 cm³/mol. The molecular formula is C19H19N5O3. The number of hydrogen-bond donors (Lipinski definition) is 2. The molecule has 0 aromatic carbocycles. The quantitative estimate of drug-likeness (QED) is 0.691. The van der Waals surface area contributed by atoms with Crippen molar-refractivity contribution in [2.75, 3.05) is 5.32 Å². The highest BCUT2D eigenvalue weighted by Gasteiger charge is 2.20. The zero-order chi connectivity index (χ0) is 18.8. The molecule has 138 valence electrons. The van der Waals surface area contributed by atoms with E-state index < -0.39 is 0 Å². The summed E-state index contributed by atoms with van der Waals surface area (Å²) in [5, 5.41) is 7.24. The fourth-order valence-electron chi connectivity index (χ4n) is 3.19. The average Bonchev–Trinajstić information content (AvgIpc) is 3.31. The zero-order valence-corrected chi connectivity index (χ0v) is 14.9. The minimum Gasteiger partial charge on any atom is -0.463 e. The summed E-state index contributed by atoms with van der Waals surface area (Å²) >= 11 is 0. The Hall–Kier alpha value is -3.42. The molecule has 1 aliphatic rings. The molecule has 3 aromatic rings. The second-order valence-corrected chi connectivity index (χ2v) is 6.32. The van der Waals surface area contributed by atoms with Crippen LogP contribution in [0.15, 0.2) is 45.8 Å². The van der Waals surface area contributed by atoms with Crippen LogP contribution in [0.25, 0.3) is 17.4 Å². The van der Waals surface area contributed by atoms with E-state index in [1.54, 1.807) is 37.5 Å². The van der Waals surface area contributed by atoms with Crippen molar-refractivity contribution >= 4 is 11.7 Å². The van der Waals surface area contributed by atoms with Gasteiger partial charge in [-0.3, -0.25) is 14.6 Å². The van der Waals surface area contributed by atoms with Crippen LogP contribution in [0.1, 0.15) is 31.0 Å². The summed E-state index contributed by atoms with van der Waals surface area (Å²) in [6.07, 6.45) is 8.09. The summed E-state index contributed by atoms with van der Waals surface area (Å²) in [4.78, 5) is 31.9. The van der Waals surface area contributed by atoms with Gasteiger partial charge in [0, 0.05) is 11.6 Å². The Kier molecular flexibility index (Phi) is 4.45. The second kappa shape index (κ2) is 7.06. The van der Waals surface area contributed by atoms with Crippen LogP contribution in [0.4, 0.5) is 5.82 Å². The topological polar surface area (TPSA) is 106 Å². The minimum absolute atomic E-state index is 0.157. The van der Waals surface area contributed by atoms with E-state index in [0.29, 0.717) is 17.3 Å². The van der Waals surface area contributed by atoms with Crippen LogP contribution in [0.2, 0.25) is 0 Å². The first kappa shape index (κ1) is 17.0. The smallest absolute Gasteiger partial charge is 0.255 e. The van der Waals surface area contributed by atoms with Gasteiger partial charge in [0.15, 0.2) is 5.76 Å². The Balaban J connectivity index is 1.82. The van der Waals surface area contributed by atoms with E-state index in [1.807, 2.05) is 0 Å². The first-order valence-electron chi connectivity index (χ1n) is 8.86. The third-order valence-electron chi connectivity index (χ3n) is 4.43. The van der Waals surface area contributed by atoms with Gasteiger partial charge in [0.25, 0.3) is 5.56 Å². The van der Waals surface area contributed by atoms with Crippen molar-refractivity contribution < 1.29 is 9.21 Å². The number of carbonyl (C=O) groups excluding carboxylic acids is 1. The second-order valence-electron chi connectivity index (χ2n) is 6.32. The SMILES string of the molecule is C/C=C\C(=O)Nc1cc(-c2ccco2)nn1-c1nc2c(c(=O)[nH]1)CCCC2. The van der Waals surface area contributed by atoms with E-state index >= 15 is 0 Å². The standard InChI is InChI=1S/C19H19N5O3/c1-2-6-17(25)21-16-11-14(15-9-5-10-27-15)23-24(16)19-20-13-8-4-3-7-12(13)18(26)22-19/h2,5-6,9-11H,3-4,7-8H2,1H3,(H,21,25)(H,20,22,26)/b6-2-. The van der Waals surface area contributed by atoms with Crippen molar-refractivity contribution in [3.8, 4) is 17.4 Å². The molecule has 1 amide bonds. The molecule has 8 nitrogen and oxygen atoms in total. The summed E-state index contributed by atoms with van der Waals surface area (Å²) in [6, 6.07) is 5.21. The number of nitrogens with zero attached hydrogens (tertiary/aromatic N) is 3. The van der Waals surface area contributed by atoms with Crippen molar-refractivity contribution in [2.24, 2.45) is 0 Å². The number of furan rings is 1. The van der Waals surface area contributed by atoms with Crippen LogP contribution < -0.4 is 10.9 Å². The number of allylic oxidation sites excluding steroid dienone is 1. The largest absolute Gasteiger partial charge is 0.463 e. The van der Waals surface area contributed by atoms with E-state index in [2.05, 4.69) is 20.4 Å². The summed E-state index contributed by atoms with van der Waals surface area (Å²) in [6.45, 7) is 1.76. The number of aryl methyl sites for hydroxylation is 1. The molecule has 0 spiro atoms. The van der Waals surface area contributed by atoms with Gasteiger partial charge < -0.3 is 9.73 Å². The Bertz CT molecular complexity index is 1060. The molecule has 0 radical (unpaired) electrons. The highest BCUT2D eigenvalue weighted by atomic mass is 16.3. The molecule has 0 bridgehead atoms. The normalized spacial score (nSPS) is 13.7. The van der Waals surface area contributed by atoms with Gasteiger partial charge in [0.1, 0.15) is 11.5 Å². The summed E-state index contributed by atoms with van der Waals surface area (Å²) in [5.41, 5.74) is 1.90. The van der Waals surface area contributed by atoms with Crippen LogP contribution in [0, 0.1) is 0 Å². The fraction of sp³-hybridized carbons (Fsp3) is 0.263. The number of nitrogens with one attached hydrogen (secondary N) is 2. The molecule has 0 fully saturated rings. The molecule has 1 aliphatic carbocycles. The van der Waals surface area contributed by atoms with Gasteiger partial charge in [0.2, 0.25) is 11.9 Å². The van der Waals surface area contributed by atoms with Gasteiger partial charge in [0.05, 0.1) is 12.0 Å². The Morgan fingerprint density at radius 1 is 1.37 bits per heavy atom. The number of carbonyl (C=O) groups is 1. The average molecular weight is 365 g/mol. The van der Waals surface area contributed by atoms with E-state index in [9.17, 15) is 9.59 Å². The van der Waals surface area contributed by atoms with E-state index in [1.165, 1.54) is 10.8 Å². The number of aromatic amines is 1. The highest BCUT2D eigenvalue weighted by Crippen LogP contribution is 2.25. The number of hydrogen-bond acceptors (Lipinski definition) is 5. The lowest BCUT2D eigenvalue weighted by Gasteiger charge is -2.15. The van der Waals surface area contributed by atoms with Gasteiger partial charge >= 0.3 is 0 Å². The summed E-state index contributed by atoms with van der Waals surface area (Å²) in [5.74, 6) is 0.915. The number of rotatable bonds is 4. The number of fused-ring (bicyclic) bond motifs is 1. The van der Waals surface area contributed by atoms with Crippen LogP contribution in [-0.4, -0.2) is 25.7 Å². The molecule has 0 saturated carbocycles. The Morgan fingerprint density at radius 2 is 2.22 bits per heavy atom. The Labute approximate surface area is 154 Å². The molecule has 0 aliphatic heterocycles. The van der Waals surface area contributed by atoms with Gasteiger partial charge in [-0.1, -0.05) is 6.08 Å². The number of amides is 1. The third-order valence-corrected chi connectivity index (χ3v) is 4.43. The molecule has 0 atom stereocenters.